The number of hydrogen-bond acceptors (Lipinski definition) is 5. The van der Waals surface area contributed by atoms with Crippen LogP contribution < -0.4 is 11.2 Å². The molecule has 120 valence electrons. The van der Waals surface area contributed by atoms with E-state index in [1.807, 2.05) is 48.5 Å². The van der Waals surface area contributed by atoms with Crippen LogP contribution in [0, 0.1) is 0 Å². The maximum Gasteiger partial charge on any atom is 0.257 e. The van der Waals surface area contributed by atoms with Gasteiger partial charge in [-0.2, -0.15) is 5.10 Å². The van der Waals surface area contributed by atoms with Gasteiger partial charge in [0.2, 0.25) is 0 Å². The third-order valence-electron chi connectivity index (χ3n) is 3.54. The number of nitrogens with one attached hydrogen (secondary N) is 1. The fourth-order valence-electron chi connectivity index (χ4n) is 2.33. The lowest BCUT2D eigenvalue weighted by Crippen LogP contribution is -2.39. The molecule has 0 spiro atoms. The van der Waals surface area contributed by atoms with Crippen LogP contribution in [0.15, 0.2) is 66.0 Å². The van der Waals surface area contributed by atoms with Crippen molar-refractivity contribution in [1.82, 2.24) is 15.4 Å². The fourth-order valence-corrected chi connectivity index (χ4v) is 2.33. The summed E-state index contributed by atoms with van der Waals surface area (Å²) in [6, 6.07) is 14.6. The van der Waals surface area contributed by atoms with E-state index in [1.165, 1.54) is 0 Å². The molecule has 0 radical (unpaired) electrons. The molecule has 0 aliphatic carbocycles. The SMILES string of the molecule is NC(Cc1ccccc1)C(=O)NN=Cc1cccc2nccnc12. The lowest BCUT2D eigenvalue weighted by Gasteiger charge is -2.09. The van der Waals surface area contributed by atoms with Crippen molar-refractivity contribution in [1.29, 1.82) is 0 Å². The monoisotopic (exact) mass is 319 g/mol. The minimum Gasteiger partial charge on any atom is -0.320 e. The van der Waals surface area contributed by atoms with Crippen LogP contribution in [0.3, 0.4) is 0 Å². The summed E-state index contributed by atoms with van der Waals surface area (Å²) in [7, 11) is 0. The van der Waals surface area contributed by atoms with E-state index in [1.54, 1.807) is 18.6 Å². The molecule has 0 saturated carbocycles. The third kappa shape index (κ3) is 3.80. The highest BCUT2D eigenvalue weighted by Crippen LogP contribution is 2.11. The molecule has 1 unspecified atom stereocenters. The van der Waals surface area contributed by atoms with Crippen LogP contribution in [0.2, 0.25) is 0 Å². The molecule has 1 heterocycles. The van der Waals surface area contributed by atoms with Gasteiger partial charge in [-0.05, 0) is 18.1 Å². The van der Waals surface area contributed by atoms with E-state index >= 15 is 0 Å². The number of carbonyl (C=O) groups excluding carboxylic acids is 1. The zero-order chi connectivity index (χ0) is 16.8. The van der Waals surface area contributed by atoms with Crippen LogP contribution >= 0.6 is 0 Å². The van der Waals surface area contributed by atoms with E-state index in [2.05, 4.69) is 20.5 Å². The number of hydrazone groups is 1. The Morgan fingerprint density at radius 1 is 1.12 bits per heavy atom. The Morgan fingerprint density at radius 3 is 2.75 bits per heavy atom. The van der Waals surface area contributed by atoms with Crippen molar-refractivity contribution in [2.75, 3.05) is 0 Å². The molecule has 6 heteroatoms. The van der Waals surface area contributed by atoms with Crippen LogP contribution in [-0.4, -0.2) is 28.1 Å². The first-order valence-corrected chi connectivity index (χ1v) is 7.56. The average molecular weight is 319 g/mol. The molecule has 1 aromatic heterocycles. The number of carbonyl (C=O) groups is 1. The van der Waals surface area contributed by atoms with Crippen molar-refractivity contribution in [3.63, 3.8) is 0 Å². The molecule has 0 aliphatic heterocycles. The van der Waals surface area contributed by atoms with Crippen molar-refractivity contribution in [2.24, 2.45) is 10.8 Å². The first-order chi connectivity index (χ1) is 11.7. The number of para-hydroxylation sites is 1. The van der Waals surface area contributed by atoms with Gasteiger partial charge in [0, 0.05) is 18.0 Å². The van der Waals surface area contributed by atoms with Gasteiger partial charge in [0.15, 0.2) is 0 Å². The number of nitrogens with zero attached hydrogens (tertiary/aromatic N) is 3. The molecule has 0 fully saturated rings. The van der Waals surface area contributed by atoms with Crippen molar-refractivity contribution in [3.05, 3.63) is 72.1 Å². The zero-order valence-corrected chi connectivity index (χ0v) is 13.0. The van der Waals surface area contributed by atoms with Gasteiger partial charge in [-0.1, -0.05) is 42.5 Å². The van der Waals surface area contributed by atoms with Gasteiger partial charge in [-0.15, -0.1) is 0 Å². The van der Waals surface area contributed by atoms with Gasteiger partial charge in [0.1, 0.15) is 0 Å². The van der Waals surface area contributed by atoms with Crippen molar-refractivity contribution in [3.8, 4) is 0 Å². The molecular weight excluding hydrogens is 302 g/mol. The predicted molar refractivity (Wildman–Crippen MR) is 93.4 cm³/mol. The van der Waals surface area contributed by atoms with Crippen LogP contribution in [0.1, 0.15) is 11.1 Å². The summed E-state index contributed by atoms with van der Waals surface area (Å²) >= 11 is 0. The summed E-state index contributed by atoms with van der Waals surface area (Å²) in [5.41, 5.74) is 11.7. The maximum absolute atomic E-state index is 12.0. The average Bonchev–Trinajstić information content (AvgIpc) is 2.62. The van der Waals surface area contributed by atoms with Crippen LogP contribution in [0.25, 0.3) is 11.0 Å². The second-order valence-corrected chi connectivity index (χ2v) is 5.30. The maximum atomic E-state index is 12.0. The highest BCUT2D eigenvalue weighted by molar-refractivity contribution is 5.96. The number of amides is 1. The third-order valence-corrected chi connectivity index (χ3v) is 3.54. The Hall–Kier alpha value is -3.12. The molecule has 0 saturated heterocycles. The zero-order valence-electron chi connectivity index (χ0n) is 13.0. The number of benzene rings is 2. The second kappa shape index (κ2) is 7.43. The molecule has 6 nitrogen and oxygen atoms in total. The molecule has 0 bridgehead atoms. The van der Waals surface area contributed by atoms with E-state index in [9.17, 15) is 4.79 Å². The lowest BCUT2D eigenvalue weighted by atomic mass is 10.1. The standard InChI is InChI=1S/C18H17N5O/c19-15(11-13-5-2-1-3-6-13)18(24)23-22-12-14-7-4-8-16-17(14)21-10-9-20-16/h1-10,12,15H,11,19H2,(H,23,24). The Balaban J connectivity index is 1.64. The Labute approximate surface area is 139 Å². The molecule has 0 aliphatic rings. The van der Waals surface area contributed by atoms with Gasteiger partial charge in [0.05, 0.1) is 23.3 Å². The number of hydrogen-bond donors (Lipinski definition) is 2. The predicted octanol–water partition coefficient (Wildman–Crippen LogP) is 1.65. The van der Waals surface area contributed by atoms with Crippen molar-refractivity contribution in [2.45, 2.75) is 12.5 Å². The number of aromatic nitrogens is 2. The van der Waals surface area contributed by atoms with E-state index in [0.717, 1.165) is 22.2 Å². The number of fused-ring (bicyclic) bond motifs is 1. The summed E-state index contributed by atoms with van der Waals surface area (Å²) in [6.07, 6.45) is 5.26. The van der Waals surface area contributed by atoms with E-state index in [4.69, 9.17) is 5.73 Å². The van der Waals surface area contributed by atoms with Crippen molar-refractivity contribution < 1.29 is 4.79 Å². The summed E-state index contributed by atoms with van der Waals surface area (Å²) in [5, 5.41) is 3.98. The highest BCUT2D eigenvalue weighted by atomic mass is 16.2. The smallest absolute Gasteiger partial charge is 0.257 e. The Kier molecular flexibility index (Phi) is 4.88. The Bertz CT molecular complexity index is 858. The number of nitrogens with two attached hydrogens (primary N) is 1. The Morgan fingerprint density at radius 2 is 1.92 bits per heavy atom. The van der Waals surface area contributed by atoms with Crippen molar-refractivity contribution >= 4 is 23.2 Å². The normalized spacial score (nSPS) is 12.4. The molecule has 3 aromatic rings. The van der Waals surface area contributed by atoms with Gasteiger partial charge in [0.25, 0.3) is 5.91 Å². The van der Waals surface area contributed by atoms with Crippen LogP contribution in [0.5, 0.6) is 0 Å². The minimum atomic E-state index is -0.656. The second-order valence-electron chi connectivity index (χ2n) is 5.30. The quantitative estimate of drug-likeness (QED) is 0.552. The summed E-state index contributed by atoms with van der Waals surface area (Å²) in [5.74, 6) is -0.332. The fraction of sp³-hybridized carbons (Fsp3) is 0.111. The van der Waals surface area contributed by atoms with Crippen LogP contribution in [0.4, 0.5) is 0 Å². The highest BCUT2D eigenvalue weighted by Gasteiger charge is 2.13. The summed E-state index contributed by atoms with van der Waals surface area (Å²) in [4.78, 5) is 20.5. The van der Waals surface area contributed by atoms with Crippen LogP contribution in [-0.2, 0) is 11.2 Å². The van der Waals surface area contributed by atoms with Gasteiger partial charge in [-0.3, -0.25) is 14.8 Å². The number of rotatable bonds is 5. The molecule has 3 N–H and O–H groups in total. The topological polar surface area (TPSA) is 93.3 Å². The first-order valence-electron chi connectivity index (χ1n) is 7.56. The molecule has 1 atom stereocenters. The molecule has 1 amide bonds. The summed E-state index contributed by atoms with van der Waals surface area (Å²) < 4.78 is 0. The lowest BCUT2D eigenvalue weighted by molar-refractivity contribution is -0.122. The van der Waals surface area contributed by atoms with E-state index in [-0.39, 0.29) is 5.91 Å². The molecule has 2 aromatic carbocycles. The minimum absolute atomic E-state index is 0.332. The largest absolute Gasteiger partial charge is 0.320 e. The van der Waals surface area contributed by atoms with Gasteiger partial charge >= 0.3 is 0 Å². The first kappa shape index (κ1) is 15.8. The molecular formula is C18H17N5O. The van der Waals surface area contributed by atoms with E-state index < -0.39 is 6.04 Å². The molecule has 3 rings (SSSR count). The molecule has 24 heavy (non-hydrogen) atoms. The van der Waals surface area contributed by atoms with Gasteiger partial charge < -0.3 is 5.73 Å². The van der Waals surface area contributed by atoms with E-state index in [0.29, 0.717) is 6.42 Å². The summed E-state index contributed by atoms with van der Waals surface area (Å²) in [6.45, 7) is 0. The van der Waals surface area contributed by atoms with Gasteiger partial charge in [-0.25, -0.2) is 5.43 Å².